The molecule has 3 rings (SSSR count). The van der Waals surface area contributed by atoms with Gasteiger partial charge in [-0.15, -0.1) is 0 Å². The number of rotatable bonds is 5. The first-order valence-corrected chi connectivity index (χ1v) is 7.42. The van der Waals surface area contributed by atoms with Gasteiger partial charge in [0.2, 0.25) is 0 Å². The van der Waals surface area contributed by atoms with E-state index in [1.807, 2.05) is 38.2 Å². The number of carbonyl (C=O) groups is 1. The molecule has 0 unspecified atom stereocenters. The maximum atomic E-state index is 12.2. The fraction of sp³-hybridized carbons (Fsp3) is 0.250. The lowest BCUT2D eigenvalue weighted by Crippen LogP contribution is -2.24. The van der Waals surface area contributed by atoms with E-state index in [2.05, 4.69) is 25.6 Å². The van der Waals surface area contributed by atoms with Crippen molar-refractivity contribution in [2.75, 3.05) is 0 Å². The number of H-pyrrole nitrogens is 1. The fourth-order valence-corrected chi connectivity index (χ4v) is 2.18. The lowest BCUT2D eigenvalue weighted by Gasteiger charge is -2.08. The van der Waals surface area contributed by atoms with Crippen molar-refractivity contribution < 1.29 is 4.79 Å². The van der Waals surface area contributed by atoms with Gasteiger partial charge >= 0.3 is 0 Å². The summed E-state index contributed by atoms with van der Waals surface area (Å²) in [4.78, 5) is 16.5. The lowest BCUT2D eigenvalue weighted by atomic mass is 10.1. The third-order valence-electron chi connectivity index (χ3n) is 3.48. The van der Waals surface area contributed by atoms with Crippen LogP contribution in [-0.4, -0.2) is 30.9 Å². The van der Waals surface area contributed by atoms with Crippen molar-refractivity contribution in [3.05, 3.63) is 59.8 Å². The number of aromatic nitrogens is 5. The van der Waals surface area contributed by atoms with Gasteiger partial charge in [-0.05, 0) is 24.1 Å². The van der Waals surface area contributed by atoms with Crippen molar-refractivity contribution in [1.82, 2.24) is 30.3 Å². The molecule has 0 aliphatic heterocycles. The highest BCUT2D eigenvalue weighted by Gasteiger charge is 2.13. The quantitative estimate of drug-likeness (QED) is 0.755. The van der Waals surface area contributed by atoms with Crippen LogP contribution in [0.4, 0.5) is 0 Å². The van der Waals surface area contributed by atoms with Crippen LogP contribution in [0, 0.1) is 0 Å². The van der Waals surface area contributed by atoms with Crippen molar-refractivity contribution in [3.8, 4) is 5.82 Å². The van der Waals surface area contributed by atoms with Gasteiger partial charge in [0.15, 0.2) is 5.82 Å². The summed E-state index contributed by atoms with van der Waals surface area (Å²) in [5.74, 6) is 0.778. The van der Waals surface area contributed by atoms with Gasteiger partial charge in [0, 0.05) is 36.4 Å². The molecule has 0 fully saturated rings. The Morgan fingerprint density at radius 1 is 1.35 bits per heavy atom. The van der Waals surface area contributed by atoms with E-state index in [-0.39, 0.29) is 5.91 Å². The Kier molecular flexibility index (Phi) is 4.18. The number of pyridine rings is 1. The minimum absolute atomic E-state index is 0.219. The smallest absolute Gasteiger partial charge is 0.272 e. The molecule has 118 valence electrons. The molecule has 0 saturated heterocycles. The predicted molar refractivity (Wildman–Crippen MR) is 85.2 cm³/mol. The Bertz CT molecular complexity index is 791. The van der Waals surface area contributed by atoms with Gasteiger partial charge in [-0.1, -0.05) is 19.9 Å². The zero-order valence-electron chi connectivity index (χ0n) is 13.0. The van der Waals surface area contributed by atoms with Gasteiger partial charge in [0.25, 0.3) is 5.91 Å². The number of carbonyl (C=O) groups excluding carboxylic acids is 1. The molecule has 3 aromatic rings. The van der Waals surface area contributed by atoms with Crippen LogP contribution in [0.25, 0.3) is 5.82 Å². The van der Waals surface area contributed by atoms with Crippen LogP contribution in [0.1, 0.15) is 41.5 Å². The zero-order chi connectivity index (χ0) is 16.2. The van der Waals surface area contributed by atoms with Crippen molar-refractivity contribution >= 4 is 5.91 Å². The molecule has 0 atom stereocenters. The molecule has 3 heterocycles. The molecule has 0 radical (unpaired) electrons. The van der Waals surface area contributed by atoms with Crippen LogP contribution in [0.2, 0.25) is 0 Å². The Hall–Kier alpha value is -2.96. The molecule has 0 aliphatic rings. The Morgan fingerprint density at radius 3 is 2.91 bits per heavy atom. The number of aromatic amines is 1. The molecule has 0 bridgehead atoms. The van der Waals surface area contributed by atoms with E-state index < -0.39 is 0 Å². The summed E-state index contributed by atoms with van der Waals surface area (Å²) >= 11 is 0. The van der Waals surface area contributed by atoms with Crippen molar-refractivity contribution in [2.24, 2.45) is 0 Å². The van der Waals surface area contributed by atoms with Crippen LogP contribution >= 0.6 is 0 Å². The van der Waals surface area contributed by atoms with E-state index in [0.29, 0.717) is 24.0 Å². The highest BCUT2D eigenvalue weighted by Crippen LogP contribution is 2.13. The number of amides is 1. The molecule has 23 heavy (non-hydrogen) atoms. The lowest BCUT2D eigenvalue weighted by molar-refractivity contribution is 0.0946. The number of nitrogens with one attached hydrogen (secondary N) is 2. The van der Waals surface area contributed by atoms with E-state index in [4.69, 9.17) is 0 Å². The maximum Gasteiger partial charge on any atom is 0.272 e. The summed E-state index contributed by atoms with van der Waals surface area (Å²) in [6.07, 6.45) is 5.20. The van der Waals surface area contributed by atoms with E-state index >= 15 is 0 Å². The van der Waals surface area contributed by atoms with Gasteiger partial charge in [0.05, 0.1) is 0 Å². The second kappa shape index (κ2) is 6.43. The molecule has 7 heteroatoms. The van der Waals surface area contributed by atoms with E-state index in [1.54, 1.807) is 23.1 Å². The highest BCUT2D eigenvalue weighted by molar-refractivity contribution is 5.92. The molecule has 0 saturated carbocycles. The van der Waals surface area contributed by atoms with Crippen molar-refractivity contribution in [1.29, 1.82) is 0 Å². The second-order valence-electron chi connectivity index (χ2n) is 5.48. The normalized spacial score (nSPS) is 10.9. The monoisotopic (exact) mass is 310 g/mol. The first-order chi connectivity index (χ1) is 11.1. The molecular formula is C16H18N6O. The first kappa shape index (κ1) is 15.0. The van der Waals surface area contributed by atoms with Gasteiger partial charge < -0.3 is 5.32 Å². The molecule has 3 aromatic heterocycles. The van der Waals surface area contributed by atoms with E-state index in [9.17, 15) is 4.79 Å². The molecular weight excluding hydrogens is 292 g/mol. The zero-order valence-corrected chi connectivity index (χ0v) is 13.0. The molecule has 0 spiro atoms. The number of hydrogen-bond donors (Lipinski definition) is 2. The third kappa shape index (κ3) is 3.28. The maximum absolute atomic E-state index is 12.2. The van der Waals surface area contributed by atoms with E-state index in [0.717, 1.165) is 11.3 Å². The standard InChI is InChI=1S/C16H18N6O/c1-11(2)13-9-14(21-20-13)16(23)18-10-12-5-3-6-17-15(12)22-8-4-7-19-22/h3-9,11H,10H2,1-2H3,(H,18,23)(H,20,21). The second-order valence-corrected chi connectivity index (χ2v) is 5.48. The minimum atomic E-state index is -0.219. The largest absolute Gasteiger partial charge is 0.346 e. The molecule has 2 N–H and O–H groups in total. The first-order valence-electron chi connectivity index (χ1n) is 7.42. The average Bonchev–Trinajstić information content (AvgIpc) is 3.24. The van der Waals surface area contributed by atoms with E-state index in [1.165, 1.54) is 0 Å². The fourth-order valence-electron chi connectivity index (χ4n) is 2.18. The highest BCUT2D eigenvalue weighted by atomic mass is 16.1. The summed E-state index contributed by atoms with van der Waals surface area (Å²) in [5, 5.41) is 14.0. The summed E-state index contributed by atoms with van der Waals surface area (Å²) < 4.78 is 1.67. The topological polar surface area (TPSA) is 88.5 Å². The van der Waals surface area contributed by atoms with Gasteiger partial charge in [-0.25, -0.2) is 9.67 Å². The van der Waals surface area contributed by atoms with Crippen molar-refractivity contribution in [2.45, 2.75) is 26.3 Å². The Balaban J connectivity index is 1.72. The molecule has 1 amide bonds. The van der Waals surface area contributed by atoms with Crippen LogP contribution in [0.5, 0.6) is 0 Å². The van der Waals surface area contributed by atoms with Crippen LogP contribution in [0.3, 0.4) is 0 Å². The van der Waals surface area contributed by atoms with Gasteiger partial charge in [-0.2, -0.15) is 10.2 Å². The SMILES string of the molecule is CC(C)c1cc(C(=O)NCc2cccnc2-n2cccn2)n[nH]1. The molecule has 0 aliphatic carbocycles. The Morgan fingerprint density at radius 2 is 2.22 bits per heavy atom. The summed E-state index contributed by atoms with van der Waals surface area (Å²) in [5.41, 5.74) is 2.20. The minimum Gasteiger partial charge on any atom is -0.346 e. The number of nitrogens with zero attached hydrogens (tertiary/aromatic N) is 4. The summed E-state index contributed by atoms with van der Waals surface area (Å²) in [6, 6.07) is 7.35. The Labute approximate surface area is 133 Å². The third-order valence-corrected chi connectivity index (χ3v) is 3.48. The van der Waals surface area contributed by atoms with Gasteiger partial charge in [0.1, 0.15) is 5.69 Å². The predicted octanol–water partition coefficient (Wildman–Crippen LogP) is 2.04. The summed E-state index contributed by atoms with van der Waals surface area (Å²) in [7, 11) is 0. The molecule has 7 nitrogen and oxygen atoms in total. The van der Waals surface area contributed by atoms with Crippen LogP contribution < -0.4 is 5.32 Å². The van der Waals surface area contributed by atoms with Gasteiger partial charge in [-0.3, -0.25) is 9.89 Å². The van der Waals surface area contributed by atoms with Crippen molar-refractivity contribution in [3.63, 3.8) is 0 Å². The van der Waals surface area contributed by atoms with Crippen LogP contribution in [0.15, 0.2) is 42.9 Å². The number of hydrogen-bond acceptors (Lipinski definition) is 4. The molecule has 0 aromatic carbocycles. The summed E-state index contributed by atoms with van der Waals surface area (Å²) in [6.45, 7) is 4.44. The van der Waals surface area contributed by atoms with Crippen LogP contribution in [-0.2, 0) is 6.54 Å². The average molecular weight is 310 g/mol.